The molecule has 1 saturated carbocycles. The zero-order valence-corrected chi connectivity index (χ0v) is 24.1. The largest absolute Gasteiger partial charge is 0.444 e. The Morgan fingerprint density at radius 1 is 1.03 bits per heavy atom. The van der Waals surface area contributed by atoms with E-state index in [2.05, 4.69) is 23.6 Å². The standard InChI is InChI=1S/C29H47N3O4/c1-17(2)12-22(30-27(35)36-29(9,10)11)26(34)32(23-16-20(23)5)24(25(33)31-28(6,7)8)21-14-18(3)13-19(4)15-21/h13-15,17,20,22-24H,12,16H2,1-11H3,(H,30,35)(H,31,33). The highest BCUT2D eigenvalue weighted by molar-refractivity contribution is 5.93. The first-order valence-electron chi connectivity index (χ1n) is 13.1. The molecule has 3 amide bonds. The van der Waals surface area contributed by atoms with Crippen LogP contribution in [-0.2, 0) is 14.3 Å². The summed E-state index contributed by atoms with van der Waals surface area (Å²) in [7, 11) is 0. The monoisotopic (exact) mass is 501 g/mol. The summed E-state index contributed by atoms with van der Waals surface area (Å²) in [6, 6.07) is 4.32. The van der Waals surface area contributed by atoms with Gasteiger partial charge in [0.2, 0.25) is 11.8 Å². The maximum atomic E-state index is 14.2. The molecule has 1 fully saturated rings. The van der Waals surface area contributed by atoms with Gasteiger partial charge in [-0.05, 0) is 85.6 Å². The van der Waals surface area contributed by atoms with Gasteiger partial charge in [0.05, 0.1) is 0 Å². The second-order valence-corrected chi connectivity index (χ2v) is 12.9. The van der Waals surface area contributed by atoms with E-state index in [1.165, 1.54) is 0 Å². The predicted octanol–water partition coefficient (Wildman–Crippen LogP) is 5.44. The molecule has 4 atom stereocenters. The van der Waals surface area contributed by atoms with Crippen LogP contribution in [0.1, 0.15) is 97.9 Å². The molecule has 7 heteroatoms. The topological polar surface area (TPSA) is 87.7 Å². The molecule has 4 unspecified atom stereocenters. The molecule has 0 bridgehead atoms. The molecule has 0 spiro atoms. The molecular formula is C29H47N3O4. The maximum Gasteiger partial charge on any atom is 0.408 e. The fourth-order valence-corrected chi connectivity index (χ4v) is 4.54. The zero-order valence-electron chi connectivity index (χ0n) is 24.1. The van der Waals surface area contributed by atoms with Crippen molar-refractivity contribution in [3.8, 4) is 0 Å². The normalized spacial score (nSPS) is 19.3. The van der Waals surface area contributed by atoms with Crippen LogP contribution in [0.3, 0.4) is 0 Å². The Balaban J connectivity index is 2.56. The molecule has 1 aromatic rings. The highest BCUT2D eigenvalue weighted by atomic mass is 16.6. The van der Waals surface area contributed by atoms with Gasteiger partial charge in [-0.2, -0.15) is 0 Å². The minimum Gasteiger partial charge on any atom is -0.444 e. The smallest absolute Gasteiger partial charge is 0.408 e. The lowest BCUT2D eigenvalue weighted by Crippen LogP contribution is -2.55. The number of ether oxygens (including phenoxy) is 1. The van der Waals surface area contributed by atoms with Crippen molar-refractivity contribution in [2.24, 2.45) is 11.8 Å². The lowest BCUT2D eigenvalue weighted by atomic mass is 9.96. The summed E-state index contributed by atoms with van der Waals surface area (Å²) < 4.78 is 5.47. The number of hydrogen-bond donors (Lipinski definition) is 2. The van der Waals surface area contributed by atoms with E-state index >= 15 is 0 Å². The third-order valence-corrected chi connectivity index (χ3v) is 5.96. The summed E-state index contributed by atoms with van der Waals surface area (Å²) in [6.07, 6.45) is 0.625. The van der Waals surface area contributed by atoms with Crippen LogP contribution in [0, 0.1) is 25.7 Å². The number of hydrogen-bond acceptors (Lipinski definition) is 4. The Kier molecular flexibility index (Phi) is 9.25. The van der Waals surface area contributed by atoms with Crippen LogP contribution in [-0.4, -0.2) is 46.0 Å². The Morgan fingerprint density at radius 2 is 1.56 bits per heavy atom. The average Bonchev–Trinajstić information content (AvgIpc) is 3.36. The fourth-order valence-electron chi connectivity index (χ4n) is 4.54. The van der Waals surface area contributed by atoms with Crippen LogP contribution in [0.2, 0.25) is 0 Å². The lowest BCUT2D eigenvalue weighted by molar-refractivity contribution is -0.144. The van der Waals surface area contributed by atoms with Crippen molar-refractivity contribution < 1.29 is 19.1 Å². The summed E-state index contributed by atoms with van der Waals surface area (Å²) in [5.74, 6) is -0.0564. The number of amides is 3. The van der Waals surface area contributed by atoms with E-state index in [0.29, 0.717) is 6.42 Å². The summed E-state index contributed by atoms with van der Waals surface area (Å²) in [5, 5.41) is 5.91. The van der Waals surface area contributed by atoms with E-state index < -0.39 is 29.3 Å². The van der Waals surface area contributed by atoms with E-state index in [9.17, 15) is 14.4 Å². The van der Waals surface area contributed by atoms with Gasteiger partial charge in [-0.1, -0.05) is 50.1 Å². The molecule has 1 aromatic carbocycles. The molecule has 0 aromatic heterocycles. The van der Waals surface area contributed by atoms with Crippen molar-refractivity contribution in [2.45, 2.75) is 118 Å². The highest BCUT2D eigenvalue weighted by Gasteiger charge is 2.48. The van der Waals surface area contributed by atoms with E-state index in [4.69, 9.17) is 4.74 Å². The summed E-state index contributed by atoms with van der Waals surface area (Å²) >= 11 is 0. The Morgan fingerprint density at radius 3 is 1.97 bits per heavy atom. The number of rotatable bonds is 8. The van der Waals surface area contributed by atoms with Crippen molar-refractivity contribution in [1.29, 1.82) is 0 Å². The van der Waals surface area contributed by atoms with Crippen LogP contribution >= 0.6 is 0 Å². The first-order chi connectivity index (χ1) is 16.4. The number of carbonyl (C=O) groups excluding carboxylic acids is 3. The summed E-state index contributed by atoms with van der Waals surface area (Å²) in [6.45, 7) is 21.3. The molecular weight excluding hydrogens is 454 g/mol. The van der Waals surface area contributed by atoms with Crippen molar-refractivity contribution in [1.82, 2.24) is 15.5 Å². The number of aryl methyl sites for hydroxylation is 2. The van der Waals surface area contributed by atoms with E-state index in [-0.39, 0.29) is 29.7 Å². The van der Waals surface area contributed by atoms with Crippen molar-refractivity contribution >= 4 is 17.9 Å². The fraction of sp³-hybridized carbons (Fsp3) is 0.690. The number of nitrogens with zero attached hydrogens (tertiary/aromatic N) is 1. The van der Waals surface area contributed by atoms with Gasteiger partial charge in [0, 0.05) is 11.6 Å². The predicted molar refractivity (Wildman–Crippen MR) is 144 cm³/mol. The third kappa shape index (κ3) is 8.82. The molecule has 0 heterocycles. The SMILES string of the molecule is Cc1cc(C)cc(C(C(=O)NC(C)(C)C)N(C(=O)C(CC(C)C)NC(=O)OC(C)(C)C)C2CC2C)c1. The van der Waals surface area contributed by atoms with Crippen molar-refractivity contribution in [3.63, 3.8) is 0 Å². The van der Waals surface area contributed by atoms with E-state index in [1.807, 2.05) is 60.6 Å². The van der Waals surface area contributed by atoms with Crippen LogP contribution in [0.4, 0.5) is 4.79 Å². The maximum absolute atomic E-state index is 14.2. The van der Waals surface area contributed by atoms with Gasteiger partial charge in [0.1, 0.15) is 17.7 Å². The molecule has 2 N–H and O–H groups in total. The van der Waals surface area contributed by atoms with Gasteiger partial charge in [0.15, 0.2) is 0 Å². The average molecular weight is 502 g/mol. The molecule has 1 aliphatic carbocycles. The second-order valence-electron chi connectivity index (χ2n) is 12.9. The van der Waals surface area contributed by atoms with Crippen LogP contribution in [0.15, 0.2) is 18.2 Å². The van der Waals surface area contributed by atoms with Crippen molar-refractivity contribution in [2.75, 3.05) is 0 Å². The van der Waals surface area contributed by atoms with Gasteiger partial charge >= 0.3 is 6.09 Å². The molecule has 2 rings (SSSR count). The molecule has 202 valence electrons. The molecule has 7 nitrogen and oxygen atoms in total. The van der Waals surface area contributed by atoms with Crippen LogP contribution in [0.25, 0.3) is 0 Å². The number of nitrogens with one attached hydrogen (secondary N) is 2. The minimum absolute atomic E-state index is 0.0795. The van der Waals surface area contributed by atoms with Gasteiger partial charge in [-0.3, -0.25) is 9.59 Å². The van der Waals surface area contributed by atoms with Gasteiger partial charge in [-0.15, -0.1) is 0 Å². The number of benzene rings is 1. The highest BCUT2D eigenvalue weighted by Crippen LogP contribution is 2.41. The minimum atomic E-state index is -0.805. The Labute approximate surface area is 217 Å². The zero-order chi connectivity index (χ0) is 27.6. The second kappa shape index (κ2) is 11.2. The van der Waals surface area contributed by atoms with Gasteiger partial charge in [0.25, 0.3) is 0 Å². The van der Waals surface area contributed by atoms with Gasteiger partial charge < -0.3 is 20.3 Å². The quantitative estimate of drug-likeness (QED) is 0.497. The van der Waals surface area contributed by atoms with Crippen LogP contribution in [0.5, 0.6) is 0 Å². The number of carbonyl (C=O) groups is 3. The summed E-state index contributed by atoms with van der Waals surface area (Å²) in [4.78, 5) is 42.5. The first-order valence-corrected chi connectivity index (χ1v) is 13.1. The Bertz CT molecular complexity index is 938. The first kappa shape index (κ1) is 29.7. The number of alkyl carbamates (subject to hydrolysis) is 1. The lowest BCUT2D eigenvalue weighted by Gasteiger charge is -2.37. The van der Waals surface area contributed by atoms with E-state index in [1.54, 1.807) is 25.7 Å². The van der Waals surface area contributed by atoms with E-state index in [0.717, 1.165) is 23.1 Å². The molecule has 0 saturated heterocycles. The molecule has 0 aliphatic heterocycles. The molecule has 1 aliphatic rings. The van der Waals surface area contributed by atoms with Crippen molar-refractivity contribution in [3.05, 3.63) is 34.9 Å². The third-order valence-electron chi connectivity index (χ3n) is 5.96. The van der Waals surface area contributed by atoms with Gasteiger partial charge in [-0.25, -0.2) is 4.79 Å². The molecule has 36 heavy (non-hydrogen) atoms. The Hall–Kier alpha value is -2.57. The molecule has 0 radical (unpaired) electrons. The van der Waals surface area contributed by atoms with Crippen LogP contribution < -0.4 is 10.6 Å². The summed E-state index contributed by atoms with van der Waals surface area (Å²) in [5.41, 5.74) is 1.68.